The Hall–Kier alpha value is -3.24. The quantitative estimate of drug-likeness (QED) is 0.571. The summed E-state index contributed by atoms with van der Waals surface area (Å²) in [5, 5.41) is 12.3. The van der Waals surface area contributed by atoms with Crippen molar-refractivity contribution in [3.8, 4) is 17.1 Å². The Morgan fingerprint density at radius 2 is 1.88 bits per heavy atom. The van der Waals surface area contributed by atoms with E-state index in [0.29, 0.717) is 6.54 Å². The fourth-order valence-corrected chi connectivity index (χ4v) is 3.13. The van der Waals surface area contributed by atoms with E-state index in [0.717, 1.165) is 34.3 Å². The second-order valence-corrected chi connectivity index (χ2v) is 7.40. The van der Waals surface area contributed by atoms with Crippen molar-refractivity contribution < 1.29 is 27.8 Å². The van der Waals surface area contributed by atoms with E-state index in [-0.39, 0.29) is 25.8 Å². The fraction of sp³-hybridized carbons (Fsp3) is 0.318. The monoisotopic (exact) mass is 446 g/mol. The summed E-state index contributed by atoms with van der Waals surface area (Å²) in [5.41, 5.74) is 3.08. The Morgan fingerprint density at radius 3 is 2.50 bits per heavy atom. The number of nitrogens with one attached hydrogen (secondary N) is 1. The molecule has 1 aliphatic heterocycles. The molecule has 0 bridgehead atoms. The number of nitrogens with zero attached hydrogens (tertiary/aromatic N) is 3. The highest BCUT2D eigenvalue weighted by molar-refractivity contribution is 5.60. The minimum atomic E-state index is -4.62. The minimum Gasteiger partial charge on any atom is -0.469 e. The van der Waals surface area contributed by atoms with Gasteiger partial charge in [0.1, 0.15) is 11.7 Å². The first-order chi connectivity index (χ1) is 15.3. The van der Waals surface area contributed by atoms with Crippen LogP contribution in [0.5, 0.6) is 5.88 Å². The van der Waals surface area contributed by atoms with E-state index in [1.807, 2.05) is 43.3 Å². The highest BCUT2D eigenvalue weighted by Crippen LogP contribution is 2.36. The molecule has 3 heterocycles. The number of aliphatic hydroxyl groups is 1. The Labute approximate surface area is 182 Å². The maximum atomic E-state index is 13.2. The Balaban J connectivity index is 1.46. The molecule has 32 heavy (non-hydrogen) atoms. The van der Waals surface area contributed by atoms with Gasteiger partial charge in [0.05, 0.1) is 25.5 Å². The molecule has 2 aromatic heterocycles. The van der Waals surface area contributed by atoms with Crippen LogP contribution in [0.25, 0.3) is 11.3 Å². The molecule has 7 nitrogen and oxygen atoms in total. The molecule has 168 valence electrons. The van der Waals surface area contributed by atoms with Gasteiger partial charge in [-0.05, 0) is 30.2 Å². The van der Waals surface area contributed by atoms with Gasteiger partial charge in [-0.15, -0.1) is 0 Å². The van der Waals surface area contributed by atoms with E-state index in [9.17, 15) is 18.3 Å². The number of aliphatic hydroxyl groups excluding tert-OH is 1. The third-order valence-electron chi connectivity index (χ3n) is 4.84. The minimum absolute atomic E-state index is 0.0326. The zero-order chi connectivity index (χ0) is 22.7. The lowest BCUT2D eigenvalue weighted by Gasteiger charge is -2.27. The number of pyridine rings is 1. The normalized spacial score (nSPS) is 14.2. The molecule has 1 aliphatic rings. The molecule has 0 atom stereocenters. The Morgan fingerprint density at radius 1 is 1.12 bits per heavy atom. The molecule has 4 rings (SSSR count). The van der Waals surface area contributed by atoms with Crippen molar-refractivity contribution >= 4 is 5.95 Å². The summed E-state index contributed by atoms with van der Waals surface area (Å²) in [4.78, 5) is 12.2. The SMILES string of the molecule is Cc1cc(CO)cc(-c2ccc(CNc3ncc(C(F)(F)F)c(OC4COC4)n3)cc2)n1. The van der Waals surface area contributed by atoms with Gasteiger partial charge in [-0.1, -0.05) is 24.3 Å². The number of hydrogen-bond acceptors (Lipinski definition) is 7. The smallest absolute Gasteiger partial charge is 0.423 e. The van der Waals surface area contributed by atoms with Gasteiger partial charge in [-0.2, -0.15) is 18.2 Å². The van der Waals surface area contributed by atoms with Crippen LogP contribution in [0.4, 0.5) is 19.1 Å². The van der Waals surface area contributed by atoms with Gasteiger partial charge in [0.15, 0.2) is 0 Å². The van der Waals surface area contributed by atoms with Crippen molar-refractivity contribution in [2.24, 2.45) is 0 Å². The second-order valence-electron chi connectivity index (χ2n) is 7.40. The van der Waals surface area contributed by atoms with Crippen LogP contribution in [0.3, 0.4) is 0 Å². The van der Waals surface area contributed by atoms with Gasteiger partial charge >= 0.3 is 6.18 Å². The van der Waals surface area contributed by atoms with Crippen molar-refractivity contribution in [3.63, 3.8) is 0 Å². The molecule has 3 aromatic rings. The number of aromatic nitrogens is 3. The van der Waals surface area contributed by atoms with Crippen LogP contribution in [0.1, 0.15) is 22.4 Å². The Bertz CT molecular complexity index is 1090. The first kappa shape index (κ1) is 22.0. The summed E-state index contributed by atoms with van der Waals surface area (Å²) >= 11 is 0. The van der Waals surface area contributed by atoms with Crippen LogP contribution < -0.4 is 10.1 Å². The van der Waals surface area contributed by atoms with Crippen LogP contribution >= 0.6 is 0 Å². The highest BCUT2D eigenvalue weighted by Gasteiger charge is 2.37. The standard InChI is InChI=1S/C22H21F3N4O3/c1-13-6-15(10-30)7-19(28-13)16-4-2-14(3-5-16)8-26-21-27-9-18(22(23,24)25)20(29-21)32-17-11-31-12-17/h2-7,9,17,30H,8,10-12H2,1H3,(H,26,27,29). The summed E-state index contributed by atoms with van der Waals surface area (Å²) in [6.07, 6.45) is -4.35. The summed E-state index contributed by atoms with van der Waals surface area (Å²) < 4.78 is 49.9. The molecule has 0 spiro atoms. The number of rotatable bonds is 7. The molecule has 10 heteroatoms. The zero-order valence-corrected chi connectivity index (χ0v) is 17.2. The largest absolute Gasteiger partial charge is 0.469 e. The lowest BCUT2D eigenvalue weighted by Crippen LogP contribution is -2.39. The summed E-state index contributed by atoms with van der Waals surface area (Å²) in [5.74, 6) is -0.478. The van der Waals surface area contributed by atoms with E-state index in [2.05, 4.69) is 20.3 Å². The summed E-state index contributed by atoms with van der Waals surface area (Å²) in [7, 11) is 0. The average molecular weight is 446 g/mol. The first-order valence-electron chi connectivity index (χ1n) is 9.92. The average Bonchev–Trinajstić information content (AvgIpc) is 2.74. The number of anilines is 1. The van der Waals surface area contributed by atoms with Crippen molar-refractivity contribution in [3.05, 3.63) is 65.0 Å². The van der Waals surface area contributed by atoms with Crippen LogP contribution in [0.15, 0.2) is 42.6 Å². The van der Waals surface area contributed by atoms with Gasteiger partial charge in [0, 0.05) is 24.0 Å². The first-order valence-corrected chi connectivity index (χ1v) is 9.92. The van der Waals surface area contributed by atoms with Gasteiger partial charge in [0.25, 0.3) is 0 Å². The predicted molar refractivity (Wildman–Crippen MR) is 110 cm³/mol. The third-order valence-corrected chi connectivity index (χ3v) is 4.84. The van der Waals surface area contributed by atoms with Gasteiger partial charge in [-0.3, -0.25) is 4.98 Å². The number of hydrogen-bond donors (Lipinski definition) is 2. The summed E-state index contributed by atoms with van der Waals surface area (Å²) in [6.45, 7) is 2.56. The highest BCUT2D eigenvalue weighted by atomic mass is 19.4. The van der Waals surface area contributed by atoms with E-state index in [1.165, 1.54) is 0 Å². The molecule has 0 radical (unpaired) electrons. The number of aryl methyl sites for hydroxylation is 1. The maximum absolute atomic E-state index is 13.2. The molecule has 1 fully saturated rings. The molecular weight excluding hydrogens is 425 g/mol. The van der Waals surface area contributed by atoms with Crippen molar-refractivity contribution in [2.75, 3.05) is 18.5 Å². The fourth-order valence-electron chi connectivity index (χ4n) is 3.13. The molecule has 1 aromatic carbocycles. The molecular formula is C22H21F3N4O3. The summed E-state index contributed by atoms with van der Waals surface area (Å²) in [6, 6.07) is 11.2. The van der Waals surface area contributed by atoms with Crippen molar-refractivity contribution in [2.45, 2.75) is 32.4 Å². The number of ether oxygens (including phenoxy) is 2. The third kappa shape index (κ3) is 5.14. The second kappa shape index (κ2) is 9.09. The van der Waals surface area contributed by atoms with Crippen LogP contribution in [0, 0.1) is 6.92 Å². The predicted octanol–water partition coefficient (Wildman–Crippen LogP) is 3.75. The zero-order valence-electron chi connectivity index (χ0n) is 17.2. The lowest BCUT2D eigenvalue weighted by molar-refractivity contribution is -0.142. The van der Waals surface area contributed by atoms with E-state index in [1.54, 1.807) is 0 Å². The molecule has 0 aliphatic carbocycles. The molecule has 2 N–H and O–H groups in total. The molecule has 0 saturated carbocycles. The molecule has 0 unspecified atom stereocenters. The molecule has 0 amide bonds. The Kier molecular flexibility index (Phi) is 6.24. The van der Waals surface area contributed by atoms with Crippen molar-refractivity contribution in [1.29, 1.82) is 0 Å². The van der Waals surface area contributed by atoms with E-state index < -0.39 is 23.7 Å². The topological polar surface area (TPSA) is 89.4 Å². The van der Waals surface area contributed by atoms with Gasteiger partial charge < -0.3 is 19.9 Å². The maximum Gasteiger partial charge on any atom is 0.423 e. The number of benzene rings is 1. The van der Waals surface area contributed by atoms with Gasteiger partial charge in [0.2, 0.25) is 11.8 Å². The van der Waals surface area contributed by atoms with E-state index in [4.69, 9.17) is 9.47 Å². The number of alkyl halides is 3. The van der Waals surface area contributed by atoms with E-state index >= 15 is 0 Å². The number of halogens is 3. The molecule has 1 saturated heterocycles. The van der Waals surface area contributed by atoms with Crippen LogP contribution in [-0.2, 0) is 24.1 Å². The lowest BCUT2D eigenvalue weighted by atomic mass is 10.1. The van der Waals surface area contributed by atoms with Crippen molar-refractivity contribution in [1.82, 2.24) is 15.0 Å². The van der Waals surface area contributed by atoms with Crippen LogP contribution in [-0.4, -0.2) is 39.4 Å². The van der Waals surface area contributed by atoms with Gasteiger partial charge in [-0.25, -0.2) is 4.98 Å². The van der Waals surface area contributed by atoms with Crippen LogP contribution in [0.2, 0.25) is 0 Å².